The van der Waals surface area contributed by atoms with Crippen molar-refractivity contribution < 1.29 is 4.42 Å². The first-order valence-corrected chi connectivity index (χ1v) is 20.5. The van der Waals surface area contributed by atoms with E-state index >= 15 is 0 Å². The maximum Gasteiger partial charge on any atom is 0.164 e. The maximum atomic E-state index is 6.73. The van der Waals surface area contributed by atoms with Crippen molar-refractivity contribution in [2.24, 2.45) is 0 Å². The molecule has 12 aromatic rings. The van der Waals surface area contributed by atoms with Crippen LogP contribution >= 0.6 is 11.3 Å². The number of para-hydroxylation sites is 2. The lowest BCUT2D eigenvalue weighted by Crippen LogP contribution is -2.10. The van der Waals surface area contributed by atoms with Gasteiger partial charge in [-0.15, -0.1) is 11.3 Å². The van der Waals surface area contributed by atoms with Gasteiger partial charge >= 0.3 is 0 Å². The second kappa shape index (κ2) is 13.5. The van der Waals surface area contributed by atoms with Gasteiger partial charge in [-0.1, -0.05) is 140 Å². The monoisotopic (exact) mass is 772 g/mol. The van der Waals surface area contributed by atoms with Crippen LogP contribution in [0.4, 0.5) is 17.1 Å². The molecule has 0 N–H and O–H groups in total. The van der Waals surface area contributed by atoms with Gasteiger partial charge in [0, 0.05) is 65.1 Å². The molecule has 0 saturated carbocycles. The number of nitrogens with zero attached hydrogens (tertiary/aromatic N) is 4. The quantitative estimate of drug-likeness (QED) is 0.158. The molecule has 0 bridgehead atoms. The molecule has 3 aromatic heterocycles. The van der Waals surface area contributed by atoms with Crippen molar-refractivity contribution in [3.63, 3.8) is 0 Å². The lowest BCUT2D eigenvalue weighted by molar-refractivity contribution is 0.669. The lowest BCUT2D eigenvalue weighted by Gasteiger charge is -2.26. The van der Waals surface area contributed by atoms with Gasteiger partial charge in [0.1, 0.15) is 11.2 Å². The zero-order valence-corrected chi connectivity index (χ0v) is 32.4. The summed E-state index contributed by atoms with van der Waals surface area (Å²) in [6.45, 7) is 0. The van der Waals surface area contributed by atoms with Gasteiger partial charge < -0.3 is 9.32 Å². The van der Waals surface area contributed by atoms with Gasteiger partial charge in [-0.2, -0.15) is 0 Å². The first kappa shape index (κ1) is 33.5. The number of hydrogen-bond donors (Lipinski definition) is 0. The summed E-state index contributed by atoms with van der Waals surface area (Å²) in [5.41, 5.74) is 7.27. The molecule has 9 aromatic carbocycles. The minimum Gasteiger partial charge on any atom is -0.456 e. The molecular weight excluding hydrogens is 741 g/mol. The Bertz CT molecular complexity index is 3580. The van der Waals surface area contributed by atoms with Crippen LogP contribution in [0, 0.1) is 0 Å². The largest absolute Gasteiger partial charge is 0.456 e. The molecule has 0 aliphatic heterocycles. The molecule has 0 saturated heterocycles. The molecule has 276 valence electrons. The maximum absolute atomic E-state index is 6.73. The summed E-state index contributed by atoms with van der Waals surface area (Å²) in [7, 11) is 0. The van der Waals surface area contributed by atoms with E-state index in [9.17, 15) is 0 Å². The van der Waals surface area contributed by atoms with E-state index in [0.29, 0.717) is 17.5 Å². The molecular formula is C53H32N4OS. The van der Waals surface area contributed by atoms with E-state index in [4.69, 9.17) is 19.4 Å². The standard InChI is InChI=1S/C53H32N4OS/c1-3-15-33(16-4-1)51-54-52(44-29-34-17-7-8-20-38(34)39-21-9-10-22-40(39)44)56-53(55-51)45-30-37(31-47-50(45)43-24-11-13-25-46(43)58-47)57(35-18-5-2-6-19-35)36-27-28-42-41-23-12-14-26-48(41)59-49(42)32-36/h1-32H. The third kappa shape index (κ3) is 5.57. The molecule has 3 heterocycles. The van der Waals surface area contributed by atoms with Gasteiger partial charge in [-0.25, -0.2) is 15.0 Å². The van der Waals surface area contributed by atoms with E-state index in [2.05, 4.69) is 169 Å². The van der Waals surface area contributed by atoms with Crippen LogP contribution < -0.4 is 4.90 Å². The molecule has 59 heavy (non-hydrogen) atoms. The Morgan fingerprint density at radius 3 is 1.83 bits per heavy atom. The summed E-state index contributed by atoms with van der Waals surface area (Å²) in [6.07, 6.45) is 0. The minimum atomic E-state index is 0.567. The molecule has 12 rings (SSSR count). The summed E-state index contributed by atoms with van der Waals surface area (Å²) >= 11 is 1.82. The number of hydrogen-bond acceptors (Lipinski definition) is 6. The SMILES string of the molecule is c1ccc(-c2nc(-c3cc4ccccc4c4ccccc34)nc(-c3cc(N(c4ccccc4)c4ccc5c(c4)sc4ccccc45)cc4oc5ccccc5c34)n2)cc1. The molecule has 0 aliphatic rings. The van der Waals surface area contributed by atoms with Crippen LogP contribution in [-0.2, 0) is 0 Å². The van der Waals surface area contributed by atoms with Crippen LogP contribution in [-0.4, -0.2) is 15.0 Å². The molecule has 0 spiro atoms. The highest BCUT2D eigenvalue weighted by Gasteiger charge is 2.23. The number of benzene rings is 9. The van der Waals surface area contributed by atoms with Crippen LogP contribution in [0.5, 0.6) is 0 Å². The highest BCUT2D eigenvalue weighted by molar-refractivity contribution is 7.25. The number of rotatable bonds is 6. The zero-order chi connectivity index (χ0) is 38.9. The van der Waals surface area contributed by atoms with E-state index in [1.54, 1.807) is 0 Å². The lowest BCUT2D eigenvalue weighted by atomic mass is 9.96. The first-order valence-electron chi connectivity index (χ1n) is 19.7. The summed E-state index contributed by atoms with van der Waals surface area (Å²) in [5.74, 6) is 1.78. The van der Waals surface area contributed by atoms with Crippen LogP contribution in [0.1, 0.15) is 0 Å². The molecule has 5 nitrogen and oxygen atoms in total. The Hall–Kier alpha value is -7.67. The normalized spacial score (nSPS) is 11.7. The van der Waals surface area contributed by atoms with Crippen LogP contribution in [0.2, 0.25) is 0 Å². The van der Waals surface area contributed by atoms with E-state index in [1.165, 1.54) is 25.6 Å². The van der Waals surface area contributed by atoms with Gasteiger partial charge in [0.25, 0.3) is 0 Å². The summed E-state index contributed by atoms with van der Waals surface area (Å²) in [4.78, 5) is 18.3. The van der Waals surface area contributed by atoms with Crippen LogP contribution in [0.15, 0.2) is 199 Å². The van der Waals surface area contributed by atoms with Gasteiger partial charge in [-0.3, -0.25) is 0 Å². The van der Waals surface area contributed by atoms with Crippen molar-refractivity contribution >= 4 is 92.1 Å². The van der Waals surface area contributed by atoms with E-state index < -0.39 is 0 Å². The van der Waals surface area contributed by atoms with Crippen LogP contribution in [0.25, 0.3) is 97.8 Å². The Balaban J connectivity index is 1.15. The Morgan fingerprint density at radius 1 is 0.373 bits per heavy atom. The third-order valence-corrected chi connectivity index (χ3v) is 12.4. The van der Waals surface area contributed by atoms with Crippen molar-refractivity contribution in [3.05, 3.63) is 194 Å². The average Bonchev–Trinajstić information content (AvgIpc) is 3.87. The van der Waals surface area contributed by atoms with Crippen LogP contribution in [0.3, 0.4) is 0 Å². The van der Waals surface area contributed by atoms with Crippen molar-refractivity contribution in [1.29, 1.82) is 0 Å². The number of fused-ring (bicyclic) bond motifs is 9. The highest BCUT2D eigenvalue weighted by Crippen LogP contribution is 2.45. The smallest absolute Gasteiger partial charge is 0.164 e. The summed E-state index contributed by atoms with van der Waals surface area (Å²) < 4.78 is 9.23. The molecule has 0 aliphatic carbocycles. The molecule has 0 radical (unpaired) electrons. The number of anilines is 3. The van der Waals surface area contributed by atoms with Crippen molar-refractivity contribution in [2.75, 3.05) is 4.90 Å². The predicted molar refractivity (Wildman–Crippen MR) is 246 cm³/mol. The Kier molecular flexibility index (Phi) is 7.64. The minimum absolute atomic E-state index is 0.567. The first-order chi connectivity index (χ1) is 29.2. The number of aromatic nitrogens is 3. The number of furan rings is 1. The molecule has 6 heteroatoms. The summed E-state index contributed by atoms with van der Waals surface area (Å²) in [6, 6.07) is 67.9. The van der Waals surface area contributed by atoms with Gasteiger partial charge in [0.2, 0.25) is 0 Å². The fourth-order valence-electron chi connectivity index (χ4n) is 8.60. The van der Waals surface area contributed by atoms with Crippen molar-refractivity contribution in [3.8, 4) is 34.2 Å². The van der Waals surface area contributed by atoms with E-state index in [-0.39, 0.29) is 0 Å². The topological polar surface area (TPSA) is 55.1 Å². The van der Waals surface area contributed by atoms with Gasteiger partial charge in [0.15, 0.2) is 17.5 Å². The second-order valence-electron chi connectivity index (χ2n) is 14.8. The molecule has 0 fully saturated rings. The molecule has 0 amide bonds. The molecule has 0 unspecified atom stereocenters. The summed E-state index contributed by atoms with van der Waals surface area (Å²) in [5, 5.41) is 9.05. The second-order valence-corrected chi connectivity index (χ2v) is 15.9. The van der Waals surface area contributed by atoms with Crippen molar-refractivity contribution in [1.82, 2.24) is 15.0 Å². The highest BCUT2D eigenvalue weighted by atomic mass is 32.1. The predicted octanol–water partition coefficient (Wildman–Crippen LogP) is 14.9. The third-order valence-electron chi connectivity index (χ3n) is 11.3. The van der Waals surface area contributed by atoms with Gasteiger partial charge in [-0.05, 0) is 70.1 Å². The fraction of sp³-hybridized carbons (Fsp3) is 0. The van der Waals surface area contributed by atoms with E-state index in [0.717, 1.165) is 71.8 Å². The average molecular weight is 773 g/mol. The fourth-order valence-corrected chi connectivity index (χ4v) is 9.73. The Morgan fingerprint density at radius 2 is 1.00 bits per heavy atom. The Labute approximate surface area is 343 Å². The zero-order valence-electron chi connectivity index (χ0n) is 31.6. The van der Waals surface area contributed by atoms with E-state index in [1.807, 2.05) is 41.7 Å². The number of thiophene rings is 1. The molecule has 0 atom stereocenters. The van der Waals surface area contributed by atoms with Crippen molar-refractivity contribution in [2.45, 2.75) is 0 Å². The van der Waals surface area contributed by atoms with Gasteiger partial charge in [0.05, 0.1) is 5.69 Å².